The summed E-state index contributed by atoms with van der Waals surface area (Å²) in [7, 11) is 0. The molecule has 1 rings (SSSR count). The predicted molar refractivity (Wildman–Crippen MR) is 50.9 cm³/mol. The molecular formula is C11H18O. The highest BCUT2D eigenvalue weighted by molar-refractivity contribution is 5.82. The summed E-state index contributed by atoms with van der Waals surface area (Å²) in [6.45, 7) is 10.2. The molecule has 3 atom stereocenters. The van der Waals surface area contributed by atoms with Crippen molar-refractivity contribution in [3.8, 4) is 0 Å². The van der Waals surface area contributed by atoms with Gasteiger partial charge >= 0.3 is 0 Å². The van der Waals surface area contributed by atoms with Crippen LogP contribution in [0.1, 0.15) is 33.6 Å². The molecule has 0 aromatic carbocycles. The third kappa shape index (κ3) is 1.77. The van der Waals surface area contributed by atoms with E-state index in [1.54, 1.807) is 0 Å². The van der Waals surface area contributed by atoms with Crippen molar-refractivity contribution in [3.05, 3.63) is 12.2 Å². The van der Waals surface area contributed by atoms with Gasteiger partial charge in [-0.25, -0.2) is 0 Å². The molecular weight excluding hydrogens is 148 g/mol. The summed E-state index contributed by atoms with van der Waals surface area (Å²) >= 11 is 0. The number of hydrogen-bond acceptors (Lipinski definition) is 1. The highest BCUT2D eigenvalue weighted by Crippen LogP contribution is 2.33. The van der Waals surface area contributed by atoms with E-state index < -0.39 is 0 Å². The second-order valence-electron chi connectivity index (χ2n) is 4.22. The average molecular weight is 166 g/mol. The van der Waals surface area contributed by atoms with E-state index in [0.717, 1.165) is 12.8 Å². The van der Waals surface area contributed by atoms with Gasteiger partial charge in [-0.15, -0.1) is 0 Å². The number of carbonyl (C=O) groups is 1. The SMILES string of the molecule is C=C(C)C1CC(=O)C(C)C(C)C1. The van der Waals surface area contributed by atoms with E-state index >= 15 is 0 Å². The standard InChI is InChI=1S/C11H18O/c1-7(2)10-5-8(3)9(4)11(12)6-10/h8-10H,1,5-6H2,2-4H3. The minimum Gasteiger partial charge on any atom is -0.299 e. The first-order valence-electron chi connectivity index (χ1n) is 4.70. The molecule has 68 valence electrons. The van der Waals surface area contributed by atoms with Gasteiger partial charge in [0.25, 0.3) is 0 Å². The Hall–Kier alpha value is -0.590. The van der Waals surface area contributed by atoms with Crippen molar-refractivity contribution < 1.29 is 4.79 Å². The number of carbonyl (C=O) groups excluding carboxylic acids is 1. The van der Waals surface area contributed by atoms with Crippen LogP contribution < -0.4 is 0 Å². The van der Waals surface area contributed by atoms with E-state index in [4.69, 9.17) is 0 Å². The molecule has 1 nitrogen and oxygen atoms in total. The van der Waals surface area contributed by atoms with Crippen LogP contribution in [0.25, 0.3) is 0 Å². The van der Waals surface area contributed by atoms with Crippen LogP contribution in [-0.4, -0.2) is 5.78 Å². The fourth-order valence-corrected chi connectivity index (χ4v) is 1.86. The molecule has 1 fully saturated rings. The first-order valence-corrected chi connectivity index (χ1v) is 4.70. The van der Waals surface area contributed by atoms with Gasteiger partial charge in [0.05, 0.1) is 0 Å². The highest BCUT2D eigenvalue weighted by atomic mass is 16.1. The van der Waals surface area contributed by atoms with Crippen LogP contribution in [0.3, 0.4) is 0 Å². The number of hydrogen-bond donors (Lipinski definition) is 0. The molecule has 0 heterocycles. The minimum atomic E-state index is 0.264. The van der Waals surface area contributed by atoms with E-state index in [-0.39, 0.29) is 5.92 Å². The van der Waals surface area contributed by atoms with Crippen molar-refractivity contribution in [3.63, 3.8) is 0 Å². The van der Waals surface area contributed by atoms with Crippen LogP contribution in [-0.2, 0) is 4.79 Å². The van der Waals surface area contributed by atoms with Crippen molar-refractivity contribution in [2.24, 2.45) is 17.8 Å². The lowest BCUT2D eigenvalue weighted by molar-refractivity contribution is -0.126. The van der Waals surface area contributed by atoms with Gasteiger partial charge in [-0.05, 0) is 25.2 Å². The van der Waals surface area contributed by atoms with Crippen LogP contribution in [0.4, 0.5) is 0 Å². The number of ketones is 1. The Balaban J connectivity index is 2.66. The summed E-state index contributed by atoms with van der Waals surface area (Å²) in [6, 6.07) is 0. The molecule has 0 aromatic rings. The smallest absolute Gasteiger partial charge is 0.136 e. The van der Waals surface area contributed by atoms with Crippen molar-refractivity contribution in [2.45, 2.75) is 33.6 Å². The van der Waals surface area contributed by atoms with Crippen LogP contribution in [0.5, 0.6) is 0 Å². The summed E-state index contributed by atoms with van der Waals surface area (Å²) < 4.78 is 0. The second-order valence-corrected chi connectivity index (χ2v) is 4.22. The quantitative estimate of drug-likeness (QED) is 0.547. The van der Waals surface area contributed by atoms with Gasteiger partial charge in [-0.2, -0.15) is 0 Å². The lowest BCUT2D eigenvalue weighted by atomic mass is 9.73. The lowest BCUT2D eigenvalue weighted by Crippen LogP contribution is -2.29. The predicted octanol–water partition coefficient (Wildman–Crippen LogP) is 2.81. The maximum atomic E-state index is 11.5. The maximum Gasteiger partial charge on any atom is 0.136 e. The highest BCUT2D eigenvalue weighted by Gasteiger charge is 2.30. The van der Waals surface area contributed by atoms with E-state index in [1.807, 2.05) is 13.8 Å². The summed E-state index contributed by atoms with van der Waals surface area (Å²) in [5.74, 6) is 1.67. The van der Waals surface area contributed by atoms with E-state index in [1.165, 1.54) is 5.57 Å². The largest absolute Gasteiger partial charge is 0.299 e. The second kappa shape index (κ2) is 3.42. The minimum absolute atomic E-state index is 0.264. The van der Waals surface area contributed by atoms with Crippen molar-refractivity contribution in [2.75, 3.05) is 0 Å². The Morgan fingerprint density at radius 3 is 2.50 bits per heavy atom. The van der Waals surface area contributed by atoms with E-state index in [2.05, 4.69) is 13.5 Å². The molecule has 0 bridgehead atoms. The normalized spacial score (nSPS) is 36.6. The fraction of sp³-hybridized carbons (Fsp3) is 0.727. The number of Topliss-reactive ketones (excluding diaryl/α,β-unsaturated/α-hetero) is 1. The van der Waals surface area contributed by atoms with Gasteiger partial charge in [-0.1, -0.05) is 26.0 Å². The zero-order valence-electron chi connectivity index (χ0n) is 8.26. The molecule has 12 heavy (non-hydrogen) atoms. The van der Waals surface area contributed by atoms with Crippen LogP contribution in [0.15, 0.2) is 12.2 Å². The zero-order chi connectivity index (χ0) is 9.30. The van der Waals surface area contributed by atoms with Gasteiger partial charge in [0.15, 0.2) is 0 Å². The van der Waals surface area contributed by atoms with Crippen molar-refractivity contribution in [1.82, 2.24) is 0 Å². The van der Waals surface area contributed by atoms with Gasteiger partial charge < -0.3 is 0 Å². The van der Waals surface area contributed by atoms with Crippen molar-refractivity contribution in [1.29, 1.82) is 0 Å². The third-order valence-corrected chi connectivity index (χ3v) is 3.16. The van der Waals surface area contributed by atoms with E-state index in [9.17, 15) is 4.79 Å². The lowest BCUT2D eigenvalue weighted by Gasteiger charge is -2.31. The Bertz CT molecular complexity index is 205. The summed E-state index contributed by atoms with van der Waals surface area (Å²) in [5, 5.41) is 0. The summed E-state index contributed by atoms with van der Waals surface area (Å²) in [5.41, 5.74) is 1.17. The molecule has 0 saturated heterocycles. The first-order chi connectivity index (χ1) is 5.52. The Morgan fingerprint density at radius 1 is 1.50 bits per heavy atom. The number of rotatable bonds is 1. The van der Waals surface area contributed by atoms with Gasteiger partial charge in [-0.3, -0.25) is 4.79 Å². The van der Waals surface area contributed by atoms with Crippen LogP contribution in [0, 0.1) is 17.8 Å². The van der Waals surface area contributed by atoms with Crippen LogP contribution in [0.2, 0.25) is 0 Å². The summed E-state index contributed by atoms with van der Waals surface area (Å²) in [6.07, 6.45) is 1.86. The van der Waals surface area contributed by atoms with Crippen LogP contribution >= 0.6 is 0 Å². The third-order valence-electron chi connectivity index (χ3n) is 3.16. The fourth-order valence-electron chi connectivity index (χ4n) is 1.86. The Labute approximate surface area is 74.9 Å². The summed E-state index contributed by atoms with van der Waals surface area (Å²) in [4.78, 5) is 11.5. The molecule has 0 amide bonds. The molecule has 0 aromatic heterocycles. The molecule has 0 aliphatic heterocycles. The van der Waals surface area contributed by atoms with Gasteiger partial charge in [0, 0.05) is 12.3 Å². The number of allylic oxidation sites excluding steroid dienone is 1. The molecule has 0 radical (unpaired) electrons. The van der Waals surface area contributed by atoms with E-state index in [0.29, 0.717) is 17.6 Å². The zero-order valence-corrected chi connectivity index (χ0v) is 8.26. The topological polar surface area (TPSA) is 17.1 Å². The molecule has 1 aliphatic carbocycles. The molecule has 0 N–H and O–H groups in total. The Kier molecular flexibility index (Phi) is 2.71. The van der Waals surface area contributed by atoms with Gasteiger partial charge in [0.1, 0.15) is 5.78 Å². The first kappa shape index (κ1) is 9.50. The average Bonchev–Trinajstić information content (AvgIpc) is 1.99. The molecule has 3 unspecified atom stereocenters. The molecule has 1 saturated carbocycles. The molecule has 1 heteroatoms. The molecule has 0 spiro atoms. The van der Waals surface area contributed by atoms with Gasteiger partial charge in [0.2, 0.25) is 0 Å². The monoisotopic (exact) mass is 166 g/mol. The van der Waals surface area contributed by atoms with Crippen molar-refractivity contribution >= 4 is 5.78 Å². The Morgan fingerprint density at radius 2 is 2.08 bits per heavy atom. The molecule has 1 aliphatic rings. The maximum absolute atomic E-state index is 11.5.